The molecular formula is C26H29N3O3. The van der Waals surface area contributed by atoms with Crippen molar-refractivity contribution < 1.29 is 14.3 Å². The fourth-order valence-electron chi connectivity index (χ4n) is 3.73. The van der Waals surface area contributed by atoms with Crippen LogP contribution in [0.15, 0.2) is 66.9 Å². The van der Waals surface area contributed by atoms with E-state index in [1.54, 1.807) is 0 Å². The molecule has 0 aliphatic carbocycles. The molecule has 1 amide bonds. The Morgan fingerprint density at radius 3 is 2.50 bits per heavy atom. The van der Waals surface area contributed by atoms with Gasteiger partial charge >= 0.3 is 0 Å². The highest BCUT2D eigenvalue weighted by molar-refractivity contribution is 5.74. The van der Waals surface area contributed by atoms with Crippen LogP contribution >= 0.6 is 0 Å². The third-order valence-electron chi connectivity index (χ3n) is 5.55. The largest absolute Gasteiger partial charge is 0.492 e. The first-order valence-corrected chi connectivity index (χ1v) is 11.0. The van der Waals surface area contributed by atoms with Crippen molar-refractivity contribution in [2.24, 2.45) is 0 Å². The predicted molar refractivity (Wildman–Crippen MR) is 125 cm³/mol. The van der Waals surface area contributed by atoms with Crippen molar-refractivity contribution in [3.8, 4) is 28.1 Å². The highest BCUT2D eigenvalue weighted by atomic mass is 16.5. The zero-order valence-corrected chi connectivity index (χ0v) is 18.4. The van der Waals surface area contributed by atoms with Crippen LogP contribution in [0.5, 0.6) is 5.75 Å². The molecule has 1 aromatic heterocycles. The molecule has 6 nitrogen and oxygen atoms in total. The summed E-state index contributed by atoms with van der Waals surface area (Å²) in [7, 11) is 0. The van der Waals surface area contributed by atoms with Crippen LogP contribution in [-0.4, -0.2) is 55.2 Å². The highest BCUT2D eigenvalue weighted by Gasteiger charge is 2.10. The standard InChI is InChI=1S/C26H29N3O3/c1-20(30)27-19-23-4-2-3-5-25(23)26-11-8-22(18-28-26)21-6-9-24(10-7-21)32-17-14-29-12-15-31-16-13-29/h2-11,18H,12-17,19H2,1H3,(H,27,30). The SMILES string of the molecule is CC(=O)NCc1ccccc1-c1ccc(-c2ccc(OCCN3CCOCC3)cc2)cn1. The molecule has 1 aliphatic heterocycles. The lowest BCUT2D eigenvalue weighted by molar-refractivity contribution is -0.119. The Balaban J connectivity index is 1.37. The van der Waals surface area contributed by atoms with Gasteiger partial charge in [-0.1, -0.05) is 42.5 Å². The van der Waals surface area contributed by atoms with Crippen LogP contribution in [0.1, 0.15) is 12.5 Å². The van der Waals surface area contributed by atoms with Gasteiger partial charge < -0.3 is 14.8 Å². The van der Waals surface area contributed by atoms with Crippen molar-refractivity contribution in [3.05, 3.63) is 72.4 Å². The van der Waals surface area contributed by atoms with Crippen molar-refractivity contribution in [2.75, 3.05) is 39.5 Å². The summed E-state index contributed by atoms with van der Waals surface area (Å²) in [5, 5.41) is 2.86. The summed E-state index contributed by atoms with van der Waals surface area (Å²) >= 11 is 0. The van der Waals surface area contributed by atoms with Crippen molar-refractivity contribution >= 4 is 5.91 Å². The molecule has 166 valence electrons. The first-order chi connectivity index (χ1) is 15.7. The Hall–Kier alpha value is -3.22. The number of benzene rings is 2. The fourth-order valence-corrected chi connectivity index (χ4v) is 3.73. The minimum Gasteiger partial charge on any atom is -0.492 e. The van der Waals surface area contributed by atoms with Crippen LogP contribution < -0.4 is 10.1 Å². The van der Waals surface area contributed by atoms with Gasteiger partial charge in [-0.3, -0.25) is 14.7 Å². The molecule has 0 saturated carbocycles. The number of nitrogens with zero attached hydrogens (tertiary/aromatic N) is 2. The quantitative estimate of drug-likeness (QED) is 0.588. The highest BCUT2D eigenvalue weighted by Crippen LogP contribution is 2.26. The number of morpholine rings is 1. The van der Waals surface area contributed by atoms with Crippen LogP contribution in [-0.2, 0) is 16.1 Å². The summed E-state index contributed by atoms with van der Waals surface area (Å²) in [6.45, 7) is 7.17. The molecule has 0 bridgehead atoms. The van der Waals surface area contributed by atoms with Gasteiger partial charge in [0.15, 0.2) is 0 Å². The Bertz CT molecular complexity index is 1010. The summed E-state index contributed by atoms with van der Waals surface area (Å²) in [5.74, 6) is 0.829. The number of aromatic nitrogens is 1. The second kappa shape index (κ2) is 10.9. The van der Waals surface area contributed by atoms with E-state index in [1.165, 1.54) is 6.92 Å². The molecule has 1 fully saturated rings. The van der Waals surface area contributed by atoms with E-state index in [0.717, 1.165) is 66.5 Å². The van der Waals surface area contributed by atoms with Crippen LogP contribution in [0.2, 0.25) is 0 Å². The second-order valence-electron chi connectivity index (χ2n) is 7.83. The smallest absolute Gasteiger partial charge is 0.217 e. The normalized spacial score (nSPS) is 14.2. The molecule has 1 N–H and O–H groups in total. The summed E-state index contributed by atoms with van der Waals surface area (Å²) in [5.41, 5.74) is 5.10. The van der Waals surface area contributed by atoms with Crippen LogP contribution in [0.25, 0.3) is 22.4 Å². The molecule has 2 heterocycles. The lowest BCUT2D eigenvalue weighted by Crippen LogP contribution is -2.38. The number of hydrogen-bond donors (Lipinski definition) is 1. The number of amides is 1. The lowest BCUT2D eigenvalue weighted by Gasteiger charge is -2.26. The first kappa shape index (κ1) is 22.0. The van der Waals surface area contributed by atoms with Crippen molar-refractivity contribution in [1.29, 1.82) is 0 Å². The zero-order valence-electron chi connectivity index (χ0n) is 18.4. The Morgan fingerprint density at radius 1 is 1.03 bits per heavy atom. The van der Waals surface area contributed by atoms with E-state index in [1.807, 2.05) is 48.7 Å². The second-order valence-corrected chi connectivity index (χ2v) is 7.83. The number of hydrogen-bond acceptors (Lipinski definition) is 5. The van der Waals surface area contributed by atoms with E-state index in [2.05, 4.69) is 33.4 Å². The van der Waals surface area contributed by atoms with Gasteiger partial charge in [-0.05, 0) is 29.3 Å². The third-order valence-corrected chi connectivity index (χ3v) is 5.55. The van der Waals surface area contributed by atoms with Gasteiger partial charge in [0.1, 0.15) is 12.4 Å². The average Bonchev–Trinajstić information content (AvgIpc) is 2.84. The molecule has 2 aromatic carbocycles. The molecule has 6 heteroatoms. The Labute approximate surface area is 189 Å². The van der Waals surface area contributed by atoms with Gasteiger partial charge in [0, 0.05) is 50.4 Å². The van der Waals surface area contributed by atoms with Crippen molar-refractivity contribution in [2.45, 2.75) is 13.5 Å². The molecule has 0 radical (unpaired) electrons. The van der Waals surface area contributed by atoms with E-state index in [9.17, 15) is 4.79 Å². The molecule has 32 heavy (non-hydrogen) atoms. The number of nitrogens with one attached hydrogen (secondary N) is 1. The van der Waals surface area contributed by atoms with Gasteiger partial charge in [0.2, 0.25) is 5.91 Å². The van der Waals surface area contributed by atoms with Crippen LogP contribution in [0.3, 0.4) is 0 Å². The lowest BCUT2D eigenvalue weighted by atomic mass is 10.0. The summed E-state index contributed by atoms with van der Waals surface area (Å²) in [6.07, 6.45) is 1.89. The molecule has 0 spiro atoms. The number of pyridine rings is 1. The maximum Gasteiger partial charge on any atom is 0.217 e. The summed E-state index contributed by atoms with van der Waals surface area (Å²) < 4.78 is 11.3. The maximum absolute atomic E-state index is 11.3. The predicted octanol–water partition coefficient (Wildman–Crippen LogP) is 3.76. The van der Waals surface area contributed by atoms with Gasteiger partial charge in [-0.2, -0.15) is 0 Å². The third kappa shape index (κ3) is 5.93. The zero-order chi connectivity index (χ0) is 22.2. The van der Waals surface area contributed by atoms with E-state index in [0.29, 0.717) is 13.2 Å². The van der Waals surface area contributed by atoms with Gasteiger partial charge in [0.05, 0.1) is 18.9 Å². The first-order valence-electron chi connectivity index (χ1n) is 11.0. The topological polar surface area (TPSA) is 63.7 Å². The minimum absolute atomic E-state index is 0.0448. The minimum atomic E-state index is -0.0448. The van der Waals surface area contributed by atoms with Crippen LogP contribution in [0.4, 0.5) is 0 Å². The van der Waals surface area contributed by atoms with Gasteiger partial charge in [-0.25, -0.2) is 0 Å². The molecule has 0 atom stereocenters. The van der Waals surface area contributed by atoms with Crippen molar-refractivity contribution in [3.63, 3.8) is 0 Å². The molecule has 4 rings (SSSR count). The van der Waals surface area contributed by atoms with E-state index >= 15 is 0 Å². The Morgan fingerprint density at radius 2 is 1.78 bits per heavy atom. The Kier molecular flexibility index (Phi) is 7.48. The fraction of sp³-hybridized carbons (Fsp3) is 0.308. The number of carbonyl (C=O) groups is 1. The average molecular weight is 432 g/mol. The monoisotopic (exact) mass is 431 g/mol. The van der Waals surface area contributed by atoms with E-state index in [4.69, 9.17) is 9.47 Å². The molecular weight excluding hydrogens is 402 g/mol. The van der Waals surface area contributed by atoms with E-state index in [-0.39, 0.29) is 5.91 Å². The van der Waals surface area contributed by atoms with Crippen molar-refractivity contribution in [1.82, 2.24) is 15.2 Å². The van der Waals surface area contributed by atoms with Gasteiger partial charge in [-0.15, -0.1) is 0 Å². The number of carbonyl (C=O) groups excluding carboxylic acids is 1. The number of ether oxygens (including phenoxy) is 2. The molecule has 1 aliphatic rings. The molecule has 0 unspecified atom stereocenters. The van der Waals surface area contributed by atoms with Crippen LogP contribution in [0, 0.1) is 0 Å². The summed E-state index contributed by atoms with van der Waals surface area (Å²) in [4.78, 5) is 18.3. The van der Waals surface area contributed by atoms with E-state index < -0.39 is 0 Å². The molecule has 3 aromatic rings. The molecule has 1 saturated heterocycles. The maximum atomic E-state index is 11.3. The van der Waals surface area contributed by atoms with Gasteiger partial charge in [0.25, 0.3) is 0 Å². The number of rotatable bonds is 8. The summed E-state index contributed by atoms with van der Waals surface area (Å²) in [6, 6.07) is 20.2.